The molecule has 0 aliphatic carbocycles. The largest absolute Gasteiger partial charge is 0.384 e. The molecule has 0 atom stereocenters. The van der Waals surface area contributed by atoms with Gasteiger partial charge >= 0.3 is 0 Å². The Bertz CT molecular complexity index is 840. The number of nitrogens with one attached hydrogen (secondary N) is 2. The van der Waals surface area contributed by atoms with E-state index in [1.54, 1.807) is 32.3 Å². The van der Waals surface area contributed by atoms with Gasteiger partial charge in [-0.15, -0.1) is 0 Å². The predicted molar refractivity (Wildman–Crippen MR) is 102 cm³/mol. The molecule has 3 N–H and O–H groups in total. The SMILES string of the molecule is CC(C)(O)c1ccc(-c2cnc3c(n2)N(C2CCNCC2)CC(=O)N3)cn1. The van der Waals surface area contributed by atoms with Crippen molar-refractivity contribution in [2.24, 2.45) is 0 Å². The predicted octanol–water partition coefficient (Wildman–Crippen LogP) is 1.28. The number of pyridine rings is 1. The van der Waals surface area contributed by atoms with Crippen molar-refractivity contribution in [2.75, 3.05) is 29.9 Å². The molecule has 1 amide bonds. The number of amides is 1. The van der Waals surface area contributed by atoms with Gasteiger partial charge < -0.3 is 20.6 Å². The maximum Gasteiger partial charge on any atom is 0.245 e. The number of anilines is 2. The summed E-state index contributed by atoms with van der Waals surface area (Å²) in [5, 5.41) is 16.2. The van der Waals surface area contributed by atoms with Crippen LogP contribution in [0.2, 0.25) is 0 Å². The zero-order valence-corrected chi connectivity index (χ0v) is 15.6. The molecule has 2 aliphatic rings. The third kappa shape index (κ3) is 3.63. The Morgan fingerprint density at radius 2 is 1.96 bits per heavy atom. The highest BCUT2D eigenvalue weighted by Crippen LogP contribution is 2.31. The van der Waals surface area contributed by atoms with Gasteiger partial charge in [0.1, 0.15) is 5.60 Å². The lowest BCUT2D eigenvalue weighted by Crippen LogP contribution is -2.49. The Morgan fingerprint density at radius 1 is 1.19 bits per heavy atom. The van der Waals surface area contributed by atoms with Gasteiger partial charge in [-0.2, -0.15) is 0 Å². The van der Waals surface area contributed by atoms with Crippen molar-refractivity contribution in [1.29, 1.82) is 0 Å². The minimum Gasteiger partial charge on any atom is -0.384 e. The van der Waals surface area contributed by atoms with E-state index >= 15 is 0 Å². The van der Waals surface area contributed by atoms with E-state index in [1.807, 2.05) is 6.07 Å². The number of carbonyl (C=O) groups is 1. The summed E-state index contributed by atoms with van der Waals surface area (Å²) < 4.78 is 0. The number of aromatic nitrogens is 3. The molecule has 0 bridgehead atoms. The Labute approximate surface area is 158 Å². The van der Waals surface area contributed by atoms with Gasteiger partial charge in [-0.05, 0) is 51.9 Å². The summed E-state index contributed by atoms with van der Waals surface area (Å²) in [5.41, 5.74) is 1.12. The summed E-state index contributed by atoms with van der Waals surface area (Å²) in [4.78, 5) is 27.7. The van der Waals surface area contributed by atoms with E-state index in [1.165, 1.54) is 0 Å². The van der Waals surface area contributed by atoms with Gasteiger partial charge in [0.15, 0.2) is 11.6 Å². The number of hydrogen-bond donors (Lipinski definition) is 3. The van der Waals surface area contributed by atoms with Crippen LogP contribution in [-0.2, 0) is 10.4 Å². The van der Waals surface area contributed by atoms with Crippen molar-refractivity contribution >= 4 is 17.5 Å². The molecule has 2 aromatic heterocycles. The average Bonchev–Trinajstić information content (AvgIpc) is 2.67. The number of aliphatic hydroxyl groups is 1. The van der Waals surface area contributed by atoms with Crippen LogP contribution in [0, 0.1) is 0 Å². The quantitative estimate of drug-likeness (QED) is 0.750. The second kappa shape index (κ2) is 6.86. The Balaban J connectivity index is 1.68. The zero-order chi connectivity index (χ0) is 19.0. The summed E-state index contributed by atoms with van der Waals surface area (Å²) in [6.07, 6.45) is 5.28. The molecule has 1 saturated heterocycles. The van der Waals surface area contributed by atoms with Gasteiger partial charge in [0.25, 0.3) is 0 Å². The molecule has 27 heavy (non-hydrogen) atoms. The summed E-state index contributed by atoms with van der Waals surface area (Å²) >= 11 is 0. The van der Waals surface area contributed by atoms with Crippen LogP contribution in [-0.4, -0.2) is 51.6 Å². The highest BCUT2D eigenvalue weighted by atomic mass is 16.3. The van der Waals surface area contributed by atoms with Gasteiger partial charge in [0.2, 0.25) is 5.91 Å². The van der Waals surface area contributed by atoms with Crippen molar-refractivity contribution in [3.63, 3.8) is 0 Å². The van der Waals surface area contributed by atoms with Crippen molar-refractivity contribution in [3.05, 3.63) is 30.2 Å². The first kappa shape index (κ1) is 17.8. The molecule has 0 aromatic carbocycles. The Kier molecular flexibility index (Phi) is 4.53. The smallest absolute Gasteiger partial charge is 0.245 e. The van der Waals surface area contributed by atoms with Crippen LogP contribution in [0.5, 0.6) is 0 Å². The lowest BCUT2D eigenvalue weighted by atomic mass is 10.0. The van der Waals surface area contributed by atoms with Gasteiger partial charge in [-0.1, -0.05) is 0 Å². The molecule has 0 saturated carbocycles. The standard InChI is InChI=1S/C19H24N6O2/c1-19(2,27)15-4-3-12(9-21-15)14-10-22-17-18(23-14)25(11-16(26)24-17)13-5-7-20-8-6-13/h3-4,9-10,13,20,27H,5-8,11H2,1-2H3,(H,22,24,26). The number of hydrogen-bond acceptors (Lipinski definition) is 7. The maximum atomic E-state index is 12.1. The monoisotopic (exact) mass is 368 g/mol. The lowest BCUT2D eigenvalue weighted by Gasteiger charge is -2.38. The first-order valence-electron chi connectivity index (χ1n) is 9.25. The summed E-state index contributed by atoms with van der Waals surface area (Å²) in [5.74, 6) is 1.17. The van der Waals surface area contributed by atoms with Gasteiger partial charge in [-0.25, -0.2) is 9.97 Å². The summed E-state index contributed by atoms with van der Waals surface area (Å²) in [6.45, 7) is 5.58. The highest BCUT2D eigenvalue weighted by molar-refractivity contribution is 5.99. The molecule has 4 heterocycles. The first-order valence-corrected chi connectivity index (χ1v) is 9.25. The van der Waals surface area contributed by atoms with Crippen LogP contribution >= 0.6 is 0 Å². The summed E-state index contributed by atoms with van der Waals surface area (Å²) in [7, 11) is 0. The fraction of sp³-hybridized carbons (Fsp3) is 0.474. The minimum atomic E-state index is -0.990. The number of rotatable bonds is 3. The van der Waals surface area contributed by atoms with Crippen molar-refractivity contribution in [1.82, 2.24) is 20.3 Å². The van der Waals surface area contributed by atoms with Crippen molar-refractivity contribution in [2.45, 2.75) is 38.3 Å². The zero-order valence-electron chi connectivity index (χ0n) is 15.6. The Hall–Kier alpha value is -2.58. The van der Waals surface area contributed by atoms with Gasteiger partial charge in [-0.3, -0.25) is 9.78 Å². The fourth-order valence-corrected chi connectivity index (χ4v) is 3.54. The maximum absolute atomic E-state index is 12.1. The van der Waals surface area contributed by atoms with Crippen LogP contribution in [0.1, 0.15) is 32.4 Å². The van der Waals surface area contributed by atoms with E-state index in [0.29, 0.717) is 29.6 Å². The third-order valence-corrected chi connectivity index (χ3v) is 5.03. The summed E-state index contributed by atoms with van der Waals surface area (Å²) in [6, 6.07) is 3.95. The number of fused-ring (bicyclic) bond motifs is 1. The number of piperidine rings is 1. The van der Waals surface area contributed by atoms with Crippen molar-refractivity contribution in [3.8, 4) is 11.3 Å². The minimum absolute atomic E-state index is 0.0562. The molecule has 0 spiro atoms. The van der Waals surface area contributed by atoms with Crippen LogP contribution in [0.25, 0.3) is 11.3 Å². The van der Waals surface area contributed by atoms with Gasteiger partial charge in [0.05, 0.1) is 24.1 Å². The van der Waals surface area contributed by atoms with Crippen molar-refractivity contribution < 1.29 is 9.90 Å². The van der Waals surface area contributed by atoms with E-state index in [4.69, 9.17) is 4.98 Å². The molecule has 0 radical (unpaired) electrons. The molecule has 4 rings (SSSR count). The lowest BCUT2D eigenvalue weighted by molar-refractivity contribution is -0.115. The molecular weight excluding hydrogens is 344 g/mol. The fourth-order valence-electron chi connectivity index (χ4n) is 3.54. The molecule has 0 unspecified atom stereocenters. The molecule has 8 heteroatoms. The second-order valence-electron chi connectivity index (χ2n) is 7.58. The van der Waals surface area contributed by atoms with E-state index in [9.17, 15) is 9.90 Å². The average molecular weight is 368 g/mol. The Morgan fingerprint density at radius 3 is 2.63 bits per heavy atom. The van der Waals surface area contributed by atoms with Crippen LogP contribution in [0.3, 0.4) is 0 Å². The molecule has 2 aromatic rings. The number of carbonyl (C=O) groups excluding carboxylic acids is 1. The second-order valence-corrected chi connectivity index (χ2v) is 7.58. The molecule has 8 nitrogen and oxygen atoms in total. The van der Waals surface area contributed by atoms with Crippen LogP contribution in [0.4, 0.5) is 11.6 Å². The van der Waals surface area contributed by atoms with E-state index in [2.05, 4.69) is 25.5 Å². The van der Waals surface area contributed by atoms with Gasteiger partial charge in [0, 0.05) is 17.8 Å². The molecule has 2 aliphatic heterocycles. The van der Waals surface area contributed by atoms with E-state index in [0.717, 1.165) is 31.5 Å². The van der Waals surface area contributed by atoms with Crippen LogP contribution < -0.4 is 15.5 Å². The topological polar surface area (TPSA) is 103 Å². The van der Waals surface area contributed by atoms with Crippen LogP contribution in [0.15, 0.2) is 24.5 Å². The first-order chi connectivity index (χ1) is 12.9. The molecule has 1 fully saturated rings. The normalized spacial score (nSPS) is 18.2. The molecule has 142 valence electrons. The molecular formula is C19H24N6O2. The third-order valence-electron chi connectivity index (χ3n) is 5.03. The highest BCUT2D eigenvalue weighted by Gasteiger charge is 2.31. The van der Waals surface area contributed by atoms with E-state index < -0.39 is 5.60 Å². The van der Waals surface area contributed by atoms with E-state index in [-0.39, 0.29) is 11.9 Å². The number of nitrogens with zero attached hydrogens (tertiary/aromatic N) is 4.